The van der Waals surface area contributed by atoms with Crippen molar-refractivity contribution in [1.82, 2.24) is 0 Å². The molecule has 2 aromatic carbocycles. The van der Waals surface area contributed by atoms with E-state index in [-0.39, 0.29) is 11.5 Å². The van der Waals surface area contributed by atoms with E-state index in [9.17, 15) is 4.79 Å². The van der Waals surface area contributed by atoms with Crippen LogP contribution in [0, 0.1) is 0 Å². The summed E-state index contributed by atoms with van der Waals surface area (Å²) >= 11 is 0. The van der Waals surface area contributed by atoms with Crippen LogP contribution in [0.2, 0.25) is 0 Å². The van der Waals surface area contributed by atoms with Crippen LogP contribution in [0.1, 0.15) is 30.4 Å². The van der Waals surface area contributed by atoms with Gasteiger partial charge in [-0.3, -0.25) is 0 Å². The van der Waals surface area contributed by atoms with Gasteiger partial charge in [0.2, 0.25) is 0 Å². The van der Waals surface area contributed by atoms with E-state index >= 15 is 0 Å². The van der Waals surface area contributed by atoms with Gasteiger partial charge in [-0.15, -0.1) is 0 Å². The van der Waals surface area contributed by atoms with E-state index < -0.39 is 0 Å². The zero-order chi connectivity index (χ0) is 17.6. The van der Waals surface area contributed by atoms with Gasteiger partial charge in [0, 0.05) is 16.7 Å². The molecule has 0 spiro atoms. The van der Waals surface area contributed by atoms with E-state index in [2.05, 4.69) is 49.9 Å². The summed E-state index contributed by atoms with van der Waals surface area (Å²) in [4.78, 5) is 12.4. The zero-order valence-corrected chi connectivity index (χ0v) is 14.4. The first-order valence-corrected chi connectivity index (χ1v) is 8.95. The van der Waals surface area contributed by atoms with Crippen molar-refractivity contribution in [2.75, 3.05) is 0 Å². The van der Waals surface area contributed by atoms with Crippen molar-refractivity contribution in [3.05, 3.63) is 92.3 Å². The number of hydrogen-bond acceptors (Lipinski definition) is 2. The Hall–Kier alpha value is -3.13. The second-order valence-corrected chi connectivity index (χ2v) is 7.36. The molecular formula is C24H16O2. The van der Waals surface area contributed by atoms with Gasteiger partial charge in [-0.2, -0.15) is 0 Å². The van der Waals surface area contributed by atoms with Crippen LogP contribution >= 0.6 is 0 Å². The monoisotopic (exact) mass is 336 g/mol. The number of rotatable bonds is 0. The highest BCUT2D eigenvalue weighted by molar-refractivity contribution is 6.16. The molecule has 0 saturated carbocycles. The van der Waals surface area contributed by atoms with Crippen LogP contribution in [0.15, 0.2) is 74.5 Å². The maximum Gasteiger partial charge on any atom is 0.344 e. The van der Waals surface area contributed by atoms with Crippen molar-refractivity contribution in [3.63, 3.8) is 0 Å². The topological polar surface area (TPSA) is 30.2 Å². The van der Waals surface area contributed by atoms with Crippen LogP contribution in [0.25, 0.3) is 33.7 Å². The van der Waals surface area contributed by atoms with Gasteiger partial charge in [-0.05, 0) is 64.3 Å². The van der Waals surface area contributed by atoms with Crippen molar-refractivity contribution in [1.29, 1.82) is 0 Å². The molecule has 124 valence electrons. The van der Waals surface area contributed by atoms with E-state index in [0.717, 1.165) is 17.2 Å². The largest absolute Gasteiger partial charge is 0.423 e. The van der Waals surface area contributed by atoms with Crippen LogP contribution in [0.5, 0.6) is 0 Å². The molecule has 0 radical (unpaired) electrons. The number of benzene rings is 2. The Labute approximate surface area is 150 Å². The summed E-state index contributed by atoms with van der Waals surface area (Å²) in [7, 11) is 0. The number of fused-ring (bicyclic) bond motifs is 2. The van der Waals surface area contributed by atoms with Gasteiger partial charge in [0.25, 0.3) is 0 Å². The Bertz CT molecular complexity index is 1360. The van der Waals surface area contributed by atoms with Gasteiger partial charge in [-0.1, -0.05) is 43.0 Å². The molecule has 0 N–H and O–H groups in total. The summed E-state index contributed by atoms with van der Waals surface area (Å²) in [5.41, 5.74) is 8.15. The van der Waals surface area contributed by atoms with Crippen LogP contribution in [-0.4, -0.2) is 0 Å². The maximum atomic E-state index is 12.4. The first-order valence-electron chi connectivity index (χ1n) is 8.95. The summed E-state index contributed by atoms with van der Waals surface area (Å²) < 4.78 is 5.36. The molecule has 0 fully saturated rings. The van der Waals surface area contributed by atoms with E-state index in [0.29, 0.717) is 10.8 Å². The molecule has 3 aliphatic rings. The van der Waals surface area contributed by atoms with Gasteiger partial charge in [0.1, 0.15) is 5.42 Å². The van der Waals surface area contributed by atoms with Crippen LogP contribution in [0.4, 0.5) is 0 Å². The molecule has 1 aromatic heterocycles. The first kappa shape index (κ1) is 14.1. The third-order valence-corrected chi connectivity index (χ3v) is 6.10. The Morgan fingerprint density at radius 3 is 2.81 bits per heavy atom. The minimum atomic E-state index is -0.305. The Balaban J connectivity index is 1.89. The lowest BCUT2D eigenvalue weighted by Gasteiger charge is -2.35. The molecule has 2 heteroatoms. The minimum absolute atomic E-state index is 0.247. The highest BCUT2D eigenvalue weighted by Gasteiger charge is 2.33. The SMILES string of the molecule is C=c1oc(=O)c2ccc3c4c(ccc1c42)C1=C2C(=C(C)C=CC23)CC=C1. The fraction of sp³-hybridized carbons (Fsp3) is 0.125. The summed E-state index contributed by atoms with van der Waals surface area (Å²) in [5.74, 6) is 0.247. The maximum absolute atomic E-state index is 12.4. The fourth-order valence-corrected chi connectivity index (χ4v) is 4.95. The molecule has 0 amide bonds. The molecule has 3 aromatic rings. The van der Waals surface area contributed by atoms with Crippen molar-refractivity contribution in [2.45, 2.75) is 19.3 Å². The Morgan fingerprint density at radius 1 is 1.08 bits per heavy atom. The van der Waals surface area contributed by atoms with Gasteiger partial charge < -0.3 is 4.42 Å². The zero-order valence-electron chi connectivity index (χ0n) is 14.4. The molecule has 0 bridgehead atoms. The van der Waals surface area contributed by atoms with Crippen LogP contribution in [-0.2, 0) is 0 Å². The average Bonchev–Trinajstić information content (AvgIpc) is 2.66. The molecule has 26 heavy (non-hydrogen) atoms. The predicted octanol–water partition coefficient (Wildman–Crippen LogP) is 4.77. The normalized spacial score (nSPS) is 20.4. The second-order valence-electron chi connectivity index (χ2n) is 7.36. The molecule has 1 heterocycles. The second kappa shape index (κ2) is 4.53. The van der Waals surface area contributed by atoms with Gasteiger partial charge in [0.05, 0.1) is 5.39 Å². The van der Waals surface area contributed by atoms with Gasteiger partial charge in [-0.25, -0.2) is 4.79 Å². The van der Waals surface area contributed by atoms with E-state index in [1.54, 1.807) is 0 Å². The molecular weight excluding hydrogens is 320 g/mol. The first-order chi connectivity index (χ1) is 12.6. The average molecular weight is 336 g/mol. The quantitative estimate of drug-likeness (QED) is 0.592. The third-order valence-electron chi connectivity index (χ3n) is 6.10. The van der Waals surface area contributed by atoms with E-state index in [4.69, 9.17) is 4.42 Å². The van der Waals surface area contributed by atoms with E-state index in [1.807, 2.05) is 12.1 Å². The summed E-state index contributed by atoms with van der Waals surface area (Å²) in [6.07, 6.45) is 10.0. The van der Waals surface area contributed by atoms with Gasteiger partial charge >= 0.3 is 5.63 Å². The summed E-state index contributed by atoms with van der Waals surface area (Å²) in [6, 6.07) is 8.23. The summed E-state index contributed by atoms with van der Waals surface area (Å²) in [6.45, 7) is 6.15. The van der Waals surface area contributed by atoms with Crippen LogP contribution in [0.3, 0.4) is 0 Å². The van der Waals surface area contributed by atoms with Crippen molar-refractivity contribution in [2.24, 2.45) is 0 Å². The Morgan fingerprint density at radius 2 is 1.92 bits per heavy atom. The standard InChI is InChI=1S/C24H16O2/c1-12-6-7-17-19-10-11-20-22-15(13(2)26-24(20)25)8-9-18(23(19)22)16-5-3-4-14(12)21(16)17/h3,5-11,17H,2,4H2,1H3. The van der Waals surface area contributed by atoms with Gasteiger partial charge in [0.15, 0.2) is 0 Å². The van der Waals surface area contributed by atoms with Crippen molar-refractivity contribution < 1.29 is 4.42 Å². The Kier molecular flexibility index (Phi) is 2.45. The third kappa shape index (κ3) is 1.51. The van der Waals surface area contributed by atoms with Crippen molar-refractivity contribution in [3.8, 4) is 0 Å². The number of hydrogen-bond donors (Lipinski definition) is 0. The lowest BCUT2D eigenvalue weighted by molar-refractivity contribution is 0.494. The molecule has 2 nitrogen and oxygen atoms in total. The molecule has 1 atom stereocenters. The van der Waals surface area contributed by atoms with Crippen LogP contribution < -0.4 is 11.0 Å². The van der Waals surface area contributed by atoms with Crippen molar-refractivity contribution >= 4 is 33.7 Å². The lowest BCUT2D eigenvalue weighted by atomic mass is 9.68. The predicted molar refractivity (Wildman–Crippen MR) is 106 cm³/mol. The number of allylic oxidation sites excluding steroid dienone is 8. The van der Waals surface area contributed by atoms with E-state index in [1.165, 1.54) is 38.8 Å². The minimum Gasteiger partial charge on any atom is -0.423 e. The highest BCUT2D eigenvalue weighted by atomic mass is 16.4. The lowest BCUT2D eigenvalue weighted by Crippen LogP contribution is -2.18. The molecule has 3 aliphatic carbocycles. The summed E-state index contributed by atoms with van der Waals surface area (Å²) in [5, 5.41) is 3.74. The molecule has 0 saturated heterocycles. The highest BCUT2D eigenvalue weighted by Crippen LogP contribution is 2.52. The smallest absolute Gasteiger partial charge is 0.344 e. The fourth-order valence-electron chi connectivity index (χ4n) is 4.95. The molecule has 1 unspecified atom stereocenters. The molecule has 0 aliphatic heterocycles. The molecule has 6 rings (SSSR count).